The summed E-state index contributed by atoms with van der Waals surface area (Å²) in [6.07, 6.45) is 0.564. The number of hydrogen-bond acceptors (Lipinski definition) is 4. The van der Waals surface area contributed by atoms with Gasteiger partial charge >= 0.3 is 0 Å². The maximum Gasteiger partial charge on any atom is 0.228 e. The molecule has 2 aliphatic rings. The highest BCUT2D eigenvalue weighted by molar-refractivity contribution is 6.03. The first-order valence-electron chi connectivity index (χ1n) is 8.68. The topological polar surface area (TPSA) is 76.7 Å². The molecule has 0 aromatic heterocycles. The summed E-state index contributed by atoms with van der Waals surface area (Å²) in [6.45, 7) is 2.99. The molecule has 2 aromatic rings. The molecule has 1 heterocycles. The highest BCUT2D eigenvalue weighted by atomic mass is 16.6. The van der Waals surface area contributed by atoms with Crippen molar-refractivity contribution >= 4 is 23.2 Å². The van der Waals surface area contributed by atoms with E-state index in [4.69, 9.17) is 9.47 Å². The lowest BCUT2D eigenvalue weighted by Crippen LogP contribution is -2.21. The standard InChI is InChI=1S/C20H20N2O4/c1-12-3-2-4-13(9-12)21-19(23)15-11-16(15)20(24)22-14-5-6-17-18(10-14)26-8-7-25-17/h2-6,9-10,15-16H,7-8,11H2,1H3,(H,21,23)(H,22,24). The van der Waals surface area contributed by atoms with Gasteiger partial charge in [0.2, 0.25) is 11.8 Å². The van der Waals surface area contributed by atoms with Crippen LogP contribution in [-0.4, -0.2) is 25.0 Å². The minimum atomic E-state index is -0.298. The van der Waals surface area contributed by atoms with Crippen molar-refractivity contribution in [2.75, 3.05) is 23.8 Å². The highest BCUT2D eigenvalue weighted by Gasteiger charge is 2.48. The summed E-state index contributed by atoms with van der Waals surface area (Å²) in [7, 11) is 0. The second-order valence-corrected chi connectivity index (χ2v) is 6.66. The third kappa shape index (κ3) is 3.49. The van der Waals surface area contributed by atoms with Crippen molar-refractivity contribution in [1.82, 2.24) is 0 Å². The predicted molar refractivity (Wildman–Crippen MR) is 97.5 cm³/mol. The fraction of sp³-hybridized carbons (Fsp3) is 0.300. The summed E-state index contributed by atoms with van der Waals surface area (Å²) in [5, 5.41) is 5.74. The van der Waals surface area contributed by atoms with Gasteiger partial charge in [0.1, 0.15) is 13.2 Å². The number of hydrogen-bond donors (Lipinski definition) is 2. The third-order valence-corrected chi connectivity index (χ3v) is 4.56. The van der Waals surface area contributed by atoms with Gasteiger partial charge in [0, 0.05) is 17.4 Å². The number of ether oxygens (including phenoxy) is 2. The van der Waals surface area contributed by atoms with E-state index in [1.807, 2.05) is 31.2 Å². The van der Waals surface area contributed by atoms with E-state index in [1.165, 1.54) is 0 Å². The zero-order valence-corrected chi connectivity index (χ0v) is 14.5. The van der Waals surface area contributed by atoms with Gasteiger partial charge in [0.05, 0.1) is 11.8 Å². The molecule has 2 atom stereocenters. The van der Waals surface area contributed by atoms with Crippen LogP contribution in [0.15, 0.2) is 42.5 Å². The molecule has 6 heteroatoms. The summed E-state index contributed by atoms with van der Waals surface area (Å²) in [5.41, 5.74) is 2.48. The lowest BCUT2D eigenvalue weighted by molar-refractivity contribution is -0.122. The normalized spacial score (nSPS) is 20.2. The maximum atomic E-state index is 12.4. The number of benzene rings is 2. The first-order chi connectivity index (χ1) is 12.6. The molecule has 1 aliphatic carbocycles. The fourth-order valence-corrected chi connectivity index (χ4v) is 3.09. The molecule has 2 N–H and O–H groups in total. The molecule has 0 bridgehead atoms. The molecule has 4 rings (SSSR count). The zero-order chi connectivity index (χ0) is 18.1. The second kappa shape index (κ2) is 6.71. The quantitative estimate of drug-likeness (QED) is 0.887. The first-order valence-corrected chi connectivity index (χ1v) is 8.68. The number of nitrogens with one attached hydrogen (secondary N) is 2. The molecule has 0 saturated heterocycles. The van der Waals surface area contributed by atoms with Crippen molar-refractivity contribution in [2.45, 2.75) is 13.3 Å². The van der Waals surface area contributed by atoms with Crippen LogP contribution in [-0.2, 0) is 9.59 Å². The summed E-state index contributed by atoms with van der Waals surface area (Å²) >= 11 is 0. The molecule has 6 nitrogen and oxygen atoms in total. The third-order valence-electron chi connectivity index (χ3n) is 4.56. The molecular formula is C20H20N2O4. The minimum Gasteiger partial charge on any atom is -0.486 e. The van der Waals surface area contributed by atoms with Crippen molar-refractivity contribution in [3.63, 3.8) is 0 Å². The van der Waals surface area contributed by atoms with Crippen molar-refractivity contribution in [3.8, 4) is 11.5 Å². The highest BCUT2D eigenvalue weighted by Crippen LogP contribution is 2.41. The fourth-order valence-electron chi connectivity index (χ4n) is 3.09. The zero-order valence-electron chi connectivity index (χ0n) is 14.5. The molecule has 1 fully saturated rings. The number of fused-ring (bicyclic) bond motifs is 1. The van der Waals surface area contributed by atoms with Crippen LogP contribution in [0.2, 0.25) is 0 Å². The number of carbonyl (C=O) groups excluding carboxylic acids is 2. The number of carbonyl (C=O) groups is 2. The summed E-state index contributed by atoms with van der Waals surface area (Å²) in [4.78, 5) is 24.7. The lowest BCUT2D eigenvalue weighted by Gasteiger charge is -2.19. The van der Waals surface area contributed by atoms with E-state index >= 15 is 0 Å². The van der Waals surface area contributed by atoms with Crippen molar-refractivity contribution < 1.29 is 19.1 Å². The number of rotatable bonds is 4. The SMILES string of the molecule is Cc1cccc(NC(=O)C2CC2C(=O)Nc2ccc3c(c2)OCCO3)c1. The van der Waals surface area contributed by atoms with Crippen LogP contribution in [0.25, 0.3) is 0 Å². The second-order valence-electron chi connectivity index (χ2n) is 6.66. The van der Waals surface area contributed by atoms with Gasteiger partial charge in [-0.2, -0.15) is 0 Å². The first kappa shape index (κ1) is 16.4. The van der Waals surface area contributed by atoms with Crippen LogP contribution in [0.4, 0.5) is 11.4 Å². The molecule has 2 aromatic carbocycles. The van der Waals surface area contributed by atoms with E-state index in [2.05, 4.69) is 10.6 Å². The molecule has 0 radical (unpaired) electrons. The van der Waals surface area contributed by atoms with Crippen LogP contribution in [0.3, 0.4) is 0 Å². The molecule has 2 amide bonds. The average Bonchev–Trinajstić information content (AvgIpc) is 3.43. The average molecular weight is 352 g/mol. The van der Waals surface area contributed by atoms with Gasteiger partial charge in [-0.05, 0) is 43.2 Å². The number of aryl methyl sites for hydroxylation is 1. The van der Waals surface area contributed by atoms with Gasteiger partial charge in [0.25, 0.3) is 0 Å². The Bertz CT molecular complexity index is 865. The van der Waals surface area contributed by atoms with Crippen molar-refractivity contribution in [3.05, 3.63) is 48.0 Å². The maximum absolute atomic E-state index is 12.4. The van der Waals surface area contributed by atoms with Crippen LogP contribution >= 0.6 is 0 Å². The van der Waals surface area contributed by atoms with Gasteiger partial charge in [-0.25, -0.2) is 0 Å². The van der Waals surface area contributed by atoms with Gasteiger partial charge in [0.15, 0.2) is 11.5 Å². The number of amides is 2. The van der Waals surface area contributed by atoms with Crippen LogP contribution in [0.5, 0.6) is 11.5 Å². The van der Waals surface area contributed by atoms with E-state index < -0.39 is 0 Å². The minimum absolute atomic E-state index is 0.113. The largest absolute Gasteiger partial charge is 0.486 e. The Morgan fingerprint density at radius 1 is 0.885 bits per heavy atom. The van der Waals surface area contributed by atoms with Gasteiger partial charge in [-0.15, -0.1) is 0 Å². The molecule has 1 aliphatic heterocycles. The Hall–Kier alpha value is -3.02. The lowest BCUT2D eigenvalue weighted by atomic mass is 10.2. The number of anilines is 2. The molecule has 1 saturated carbocycles. The van der Waals surface area contributed by atoms with E-state index in [-0.39, 0.29) is 23.7 Å². The van der Waals surface area contributed by atoms with Crippen molar-refractivity contribution in [1.29, 1.82) is 0 Å². The predicted octanol–water partition coefficient (Wildman–Crippen LogP) is 2.98. The van der Waals surface area contributed by atoms with E-state index in [0.717, 1.165) is 11.3 Å². The Morgan fingerprint density at radius 2 is 1.54 bits per heavy atom. The van der Waals surface area contributed by atoms with Crippen LogP contribution in [0.1, 0.15) is 12.0 Å². The Balaban J connectivity index is 1.34. The van der Waals surface area contributed by atoms with Gasteiger partial charge in [-0.3, -0.25) is 9.59 Å². The van der Waals surface area contributed by atoms with Crippen LogP contribution in [0, 0.1) is 18.8 Å². The van der Waals surface area contributed by atoms with Crippen LogP contribution < -0.4 is 20.1 Å². The van der Waals surface area contributed by atoms with E-state index in [1.54, 1.807) is 18.2 Å². The molecule has 26 heavy (non-hydrogen) atoms. The van der Waals surface area contributed by atoms with Crippen molar-refractivity contribution in [2.24, 2.45) is 11.8 Å². The summed E-state index contributed by atoms with van der Waals surface area (Å²) < 4.78 is 11.0. The summed E-state index contributed by atoms with van der Waals surface area (Å²) in [6, 6.07) is 12.9. The summed E-state index contributed by atoms with van der Waals surface area (Å²) in [5.74, 6) is 0.458. The van der Waals surface area contributed by atoms with Gasteiger partial charge in [-0.1, -0.05) is 12.1 Å². The Morgan fingerprint density at radius 3 is 2.23 bits per heavy atom. The monoisotopic (exact) mass is 352 g/mol. The van der Waals surface area contributed by atoms with Gasteiger partial charge < -0.3 is 20.1 Å². The Kier molecular flexibility index (Phi) is 4.24. The molecular weight excluding hydrogens is 332 g/mol. The molecule has 134 valence electrons. The smallest absolute Gasteiger partial charge is 0.228 e. The van der Waals surface area contributed by atoms with E-state index in [9.17, 15) is 9.59 Å². The molecule has 0 spiro atoms. The van der Waals surface area contributed by atoms with E-state index in [0.29, 0.717) is 36.8 Å². The Labute approximate surface area is 151 Å². The molecule has 2 unspecified atom stereocenters.